The molecule has 1 heterocycles. The molecule has 0 aliphatic carbocycles. The molecule has 0 aromatic heterocycles. The van der Waals surface area contributed by atoms with Gasteiger partial charge in [0.25, 0.3) is 0 Å². The lowest BCUT2D eigenvalue weighted by atomic mass is 10.2. The largest absolute Gasteiger partial charge is 0.429 e. The number of hydrogen-bond donors (Lipinski definition) is 1. The summed E-state index contributed by atoms with van der Waals surface area (Å²) >= 11 is 0. The molecule has 0 spiro atoms. The first-order valence-electron chi connectivity index (χ1n) is 3.67. The van der Waals surface area contributed by atoms with Gasteiger partial charge in [0.05, 0.1) is 5.69 Å². The second-order valence-electron chi connectivity index (χ2n) is 2.73. The average molecular weight is 189 g/mol. The highest BCUT2D eigenvalue weighted by Crippen LogP contribution is 2.34. The predicted octanol–water partition coefficient (Wildman–Crippen LogP) is 2.22. The molecule has 5 heteroatoms. The van der Waals surface area contributed by atoms with Crippen molar-refractivity contribution in [2.75, 3.05) is 11.9 Å². The number of alkyl halides is 2. The number of benzene rings is 1. The molecular formula is C8H6F3NO. The maximum absolute atomic E-state index is 12.6. The summed E-state index contributed by atoms with van der Waals surface area (Å²) in [4.78, 5) is 0. The molecule has 2 nitrogen and oxygen atoms in total. The van der Waals surface area contributed by atoms with Crippen LogP contribution in [0.2, 0.25) is 0 Å². The van der Waals surface area contributed by atoms with E-state index in [1.54, 1.807) is 0 Å². The zero-order valence-corrected chi connectivity index (χ0v) is 6.48. The zero-order valence-electron chi connectivity index (χ0n) is 6.48. The third-order valence-electron chi connectivity index (χ3n) is 1.69. The van der Waals surface area contributed by atoms with Gasteiger partial charge in [0.15, 0.2) is 5.75 Å². The first-order valence-corrected chi connectivity index (χ1v) is 3.67. The summed E-state index contributed by atoms with van der Waals surface area (Å²) < 4.78 is 42.1. The van der Waals surface area contributed by atoms with Crippen LogP contribution in [0.1, 0.15) is 0 Å². The number of halogens is 3. The van der Waals surface area contributed by atoms with Crippen molar-refractivity contribution in [1.82, 2.24) is 0 Å². The van der Waals surface area contributed by atoms with Gasteiger partial charge in [0, 0.05) is 6.07 Å². The van der Waals surface area contributed by atoms with Crippen LogP contribution >= 0.6 is 0 Å². The van der Waals surface area contributed by atoms with E-state index in [1.807, 2.05) is 0 Å². The van der Waals surface area contributed by atoms with E-state index in [0.717, 1.165) is 6.07 Å². The fourth-order valence-corrected chi connectivity index (χ4v) is 1.12. The van der Waals surface area contributed by atoms with Crippen molar-refractivity contribution in [1.29, 1.82) is 0 Å². The maximum atomic E-state index is 12.6. The Balaban J connectivity index is 2.38. The Morgan fingerprint density at radius 1 is 1.38 bits per heavy atom. The summed E-state index contributed by atoms with van der Waals surface area (Å²) in [6.07, 6.45) is -3.26. The Bertz CT molecular complexity index is 340. The van der Waals surface area contributed by atoms with Crippen molar-refractivity contribution in [2.45, 2.75) is 6.11 Å². The molecule has 0 radical (unpaired) electrons. The van der Waals surface area contributed by atoms with Crippen molar-refractivity contribution in [3.8, 4) is 5.75 Å². The van der Waals surface area contributed by atoms with Crippen LogP contribution in [0.25, 0.3) is 0 Å². The SMILES string of the molecule is Fc1ccc2c(c1)OC(F)(F)CN2. The predicted molar refractivity (Wildman–Crippen MR) is 40.5 cm³/mol. The Morgan fingerprint density at radius 3 is 2.92 bits per heavy atom. The summed E-state index contributed by atoms with van der Waals surface area (Å²) in [7, 11) is 0. The lowest BCUT2D eigenvalue weighted by Crippen LogP contribution is -2.37. The number of anilines is 1. The van der Waals surface area contributed by atoms with Crippen LogP contribution in [-0.4, -0.2) is 12.7 Å². The van der Waals surface area contributed by atoms with Gasteiger partial charge in [-0.15, -0.1) is 0 Å². The second-order valence-corrected chi connectivity index (χ2v) is 2.73. The molecule has 0 saturated carbocycles. The van der Waals surface area contributed by atoms with Gasteiger partial charge in [-0.2, -0.15) is 8.78 Å². The molecule has 1 aromatic carbocycles. The van der Waals surface area contributed by atoms with Gasteiger partial charge in [-0.05, 0) is 12.1 Å². The molecule has 70 valence electrons. The number of fused-ring (bicyclic) bond motifs is 1. The van der Waals surface area contributed by atoms with Crippen LogP contribution in [0, 0.1) is 5.82 Å². The van der Waals surface area contributed by atoms with E-state index in [2.05, 4.69) is 10.1 Å². The lowest BCUT2D eigenvalue weighted by molar-refractivity contribution is -0.167. The molecule has 0 bridgehead atoms. The van der Waals surface area contributed by atoms with Gasteiger partial charge in [-0.3, -0.25) is 0 Å². The quantitative estimate of drug-likeness (QED) is 0.675. The molecule has 1 N–H and O–H groups in total. The second kappa shape index (κ2) is 2.55. The van der Waals surface area contributed by atoms with Gasteiger partial charge in [-0.1, -0.05) is 0 Å². The molecule has 0 saturated heterocycles. The van der Waals surface area contributed by atoms with Crippen LogP contribution in [0.5, 0.6) is 5.75 Å². The highest BCUT2D eigenvalue weighted by atomic mass is 19.3. The molecular weight excluding hydrogens is 183 g/mol. The maximum Gasteiger partial charge on any atom is 0.415 e. The van der Waals surface area contributed by atoms with Crippen molar-refractivity contribution >= 4 is 5.69 Å². The fraction of sp³-hybridized carbons (Fsp3) is 0.250. The van der Waals surface area contributed by atoms with Gasteiger partial charge in [0.1, 0.15) is 12.4 Å². The van der Waals surface area contributed by atoms with E-state index in [-0.39, 0.29) is 5.75 Å². The number of rotatable bonds is 0. The van der Waals surface area contributed by atoms with Crippen LogP contribution in [0.3, 0.4) is 0 Å². The first-order chi connectivity index (χ1) is 6.07. The van der Waals surface area contributed by atoms with Crippen molar-refractivity contribution in [3.05, 3.63) is 24.0 Å². The molecule has 1 aromatic rings. The minimum atomic E-state index is -3.26. The summed E-state index contributed by atoms with van der Waals surface area (Å²) in [5.41, 5.74) is 0.382. The number of hydrogen-bond acceptors (Lipinski definition) is 2. The van der Waals surface area contributed by atoms with Gasteiger partial charge < -0.3 is 10.1 Å². The van der Waals surface area contributed by atoms with Crippen LogP contribution in [0.4, 0.5) is 18.9 Å². The molecule has 13 heavy (non-hydrogen) atoms. The van der Waals surface area contributed by atoms with Crippen molar-refractivity contribution in [3.63, 3.8) is 0 Å². The molecule has 0 atom stereocenters. The summed E-state index contributed by atoms with van der Waals surface area (Å²) in [6.45, 7) is -0.592. The minimum absolute atomic E-state index is 0.156. The van der Waals surface area contributed by atoms with Crippen molar-refractivity contribution in [2.24, 2.45) is 0 Å². The summed E-state index contributed by atoms with van der Waals surface area (Å²) in [5.74, 6) is -0.755. The molecule has 1 aliphatic heterocycles. The van der Waals surface area contributed by atoms with E-state index in [9.17, 15) is 13.2 Å². The van der Waals surface area contributed by atoms with E-state index >= 15 is 0 Å². The van der Waals surface area contributed by atoms with E-state index in [4.69, 9.17) is 0 Å². The monoisotopic (exact) mass is 189 g/mol. The minimum Gasteiger partial charge on any atom is -0.429 e. The van der Waals surface area contributed by atoms with Crippen LogP contribution < -0.4 is 10.1 Å². The number of ether oxygens (including phenoxy) is 1. The Kier molecular flexibility index (Phi) is 1.61. The molecule has 0 amide bonds. The lowest BCUT2D eigenvalue weighted by Gasteiger charge is -2.26. The third kappa shape index (κ3) is 1.54. The molecule has 0 unspecified atom stereocenters. The topological polar surface area (TPSA) is 21.3 Å². The van der Waals surface area contributed by atoms with Gasteiger partial charge in [0.2, 0.25) is 0 Å². The third-order valence-corrected chi connectivity index (χ3v) is 1.69. The smallest absolute Gasteiger partial charge is 0.415 e. The molecule has 0 fully saturated rings. The highest BCUT2D eigenvalue weighted by Gasteiger charge is 2.36. The zero-order chi connectivity index (χ0) is 9.47. The standard InChI is InChI=1S/C8H6F3NO/c9-5-1-2-6-7(3-5)13-8(10,11)4-12-6/h1-3,12H,4H2. The van der Waals surface area contributed by atoms with E-state index in [0.29, 0.717) is 5.69 Å². The van der Waals surface area contributed by atoms with Gasteiger partial charge in [-0.25, -0.2) is 4.39 Å². The summed E-state index contributed by atoms with van der Waals surface area (Å²) in [6, 6.07) is 3.47. The van der Waals surface area contributed by atoms with Crippen molar-refractivity contribution < 1.29 is 17.9 Å². The number of nitrogens with one attached hydrogen (secondary N) is 1. The Hall–Kier alpha value is -1.39. The Morgan fingerprint density at radius 2 is 2.15 bits per heavy atom. The van der Waals surface area contributed by atoms with E-state index < -0.39 is 18.5 Å². The average Bonchev–Trinajstić information content (AvgIpc) is 2.01. The van der Waals surface area contributed by atoms with E-state index in [1.165, 1.54) is 12.1 Å². The van der Waals surface area contributed by atoms with Crippen LogP contribution in [0.15, 0.2) is 18.2 Å². The highest BCUT2D eigenvalue weighted by molar-refractivity contribution is 5.58. The molecule has 2 rings (SSSR count). The summed E-state index contributed by atoms with van der Waals surface area (Å²) in [5, 5.41) is 2.44. The first kappa shape index (κ1) is 8.22. The van der Waals surface area contributed by atoms with Crippen LogP contribution in [-0.2, 0) is 0 Å². The fourth-order valence-electron chi connectivity index (χ4n) is 1.12. The molecule has 1 aliphatic rings. The van der Waals surface area contributed by atoms with Gasteiger partial charge >= 0.3 is 6.11 Å². The normalized spacial score (nSPS) is 18.4. The Labute approximate surface area is 72.3 Å².